The quantitative estimate of drug-likeness (QED) is 0.791. The number of carbonyl (C=O) groups is 2. The minimum atomic E-state index is -0.132. The number of carbonyl (C=O) groups excluding carboxylic acids is 2. The van der Waals surface area contributed by atoms with E-state index in [-0.39, 0.29) is 17.8 Å². The van der Waals surface area contributed by atoms with Crippen LogP contribution in [0.1, 0.15) is 29.4 Å². The number of thiophene rings is 1. The molecular weight excluding hydrogens is 330 g/mol. The van der Waals surface area contributed by atoms with Gasteiger partial charge in [0.1, 0.15) is 4.88 Å². The molecule has 6 heteroatoms. The lowest BCUT2D eigenvalue weighted by Crippen LogP contribution is -2.40. The molecule has 104 valence electrons. The zero-order valence-corrected chi connectivity index (χ0v) is 13.1. The maximum atomic E-state index is 12.3. The normalized spacial score (nSPS) is 16.4. The van der Waals surface area contributed by atoms with E-state index in [1.807, 2.05) is 23.3 Å². The van der Waals surface area contributed by atoms with Crippen molar-refractivity contribution in [1.82, 2.24) is 4.90 Å². The highest BCUT2D eigenvalue weighted by atomic mass is 79.9. The van der Waals surface area contributed by atoms with Crippen molar-refractivity contribution >= 4 is 39.1 Å². The van der Waals surface area contributed by atoms with E-state index in [9.17, 15) is 9.59 Å². The fourth-order valence-corrected chi connectivity index (χ4v) is 3.68. The Morgan fingerprint density at radius 3 is 2.68 bits per heavy atom. The van der Waals surface area contributed by atoms with Crippen molar-refractivity contribution in [2.45, 2.75) is 19.8 Å². The van der Waals surface area contributed by atoms with Crippen LogP contribution in [0.3, 0.4) is 0 Å². The van der Waals surface area contributed by atoms with Gasteiger partial charge in [-0.1, -0.05) is 0 Å². The maximum absolute atomic E-state index is 12.3. The largest absolute Gasteiger partial charge is 0.466 e. The van der Waals surface area contributed by atoms with Crippen LogP contribution >= 0.6 is 27.3 Å². The Hall–Kier alpha value is -0.880. The molecule has 2 rings (SSSR count). The van der Waals surface area contributed by atoms with Gasteiger partial charge < -0.3 is 9.64 Å². The van der Waals surface area contributed by atoms with Gasteiger partial charge in [-0.05, 0) is 47.1 Å². The fourth-order valence-electron chi connectivity index (χ4n) is 2.17. The molecule has 2 heterocycles. The molecule has 0 aromatic carbocycles. The zero-order chi connectivity index (χ0) is 13.8. The second-order valence-corrected chi connectivity index (χ2v) is 6.19. The molecule has 1 aliphatic rings. The summed E-state index contributed by atoms with van der Waals surface area (Å²) in [5, 5.41) is 1.89. The Morgan fingerprint density at radius 1 is 1.47 bits per heavy atom. The summed E-state index contributed by atoms with van der Waals surface area (Å²) in [5.41, 5.74) is 0. The van der Waals surface area contributed by atoms with Gasteiger partial charge in [-0.15, -0.1) is 11.3 Å². The van der Waals surface area contributed by atoms with E-state index < -0.39 is 0 Å². The van der Waals surface area contributed by atoms with Gasteiger partial charge in [0, 0.05) is 17.6 Å². The predicted molar refractivity (Wildman–Crippen MR) is 77.3 cm³/mol. The van der Waals surface area contributed by atoms with E-state index in [1.54, 1.807) is 0 Å². The van der Waals surface area contributed by atoms with Crippen LogP contribution in [0.15, 0.2) is 15.9 Å². The van der Waals surface area contributed by atoms with E-state index in [4.69, 9.17) is 4.74 Å². The smallest absolute Gasteiger partial charge is 0.309 e. The van der Waals surface area contributed by atoms with E-state index in [1.165, 1.54) is 11.3 Å². The van der Waals surface area contributed by atoms with Crippen molar-refractivity contribution in [3.8, 4) is 0 Å². The standard InChI is InChI=1S/C13H16BrNO3S/c1-2-18-13(17)9-3-6-15(7-4-9)12(16)11-10(14)5-8-19-11/h5,8-9H,2-4,6-7H2,1H3. The number of hydrogen-bond acceptors (Lipinski definition) is 4. The molecule has 1 aromatic rings. The summed E-state index contributed by atoms with van der Waals surface area (Å²) < 4.78 is 5.86. The topological polar surface area (TPSA) is 46.6 Å². The minimum absolute atomic E-state index is 0.0455. The first-order valence-corrected chi connectivity index (χ1v) is 7.99. The summed E-state index contributed by atoms with van der Waals surface area (Å²) in [6.45, 7) is 3.46. The highest BCUT2D eigenvalue weighted by Gasteiger charge is 2.29. The Bertz CT molecular complexity index is 466. The van der Waals surface area contributed by atoms with Gasteiger partial charge in [-0.3, -0.25) is 9.59 Å². The summed E-state index contributed by atoms with van der Waals surface area (Å²) in [4.78, 5) is 26.4. The molecular formula is C13H16BrNO3S. The molecule has 1 fully saturated rings. The first kappa shape index (κ1) is 14.5. The lowest BCUT2D eigenvalue weighted by molar-refractivity contribution is -0.149. The summed E-state index contributed by atoms with van der Waals surface area (Å²) in [6.07, 6.45) is 1.38. The number of amides is 1. The number of ether oxygens (including phenoxy) is 1. The number of nitrogens with zero attached hydrogens (tertiary/aromatic N) is 1. The Kier molecular flexibility index (Phi) is 4.99. The van der Waals surface area contributed by atoms with Gasteiger partial charge in [0.25, 0.3) is 5.91 Å². The van der Waals surface area contributed by atoms with Crippen LogP contribution in [-0.2, 0) is 9.53 Å². The number of esters is 1. The molecule has 4 nitrogen and oxygen atoms in total. The molecule has 1 aliphatic heterocycles. The molecule has 0 atom stereocenters. The molecule has 1 aromatic heterocycles. The summed E-state index contributed by atoms with van der Waals surface area (Å²) >= 11 is 4.81. The monoisotopic (exact) mass is 345 g/mol. The number of rotatable bonds is 3. The first-order chi connectivity index (χ1) is 9.13. The first-order valence-electron chi connectivity index (χ1n) is 6.32. The third-order valence-electron chi connectivity index (χ3n) is 3.21. The average Bonchev–Trinajstić information content (AvgIpc) is 2.84. The van der Waals surface area contributed by atoms with Gasteiger partial charge in [0.2, 0.25) is 0 Å². The summed E-state index contributed by atoms with van der Waals surface area (Å²) in [7, 11) is 0. The Morgan fingerprint density at radius 2 is 2.16 bits per heavy atom. The molecule has 0 bridgehead atoms. The van der Waals surface area contributed by atoms with Crippen molar-refractivity contribution in [2.24, 2.45) is 5.92 Å². The van der Waals surface area contributed by atoms with Crippen molar-refractivity contribution in [3.05, 3.63) is 20.8 Å². The molecule has 0 N–H and O–H groups in total. The molecule has 19 heavy (non-hydrogen) atoms. The molecule has 0 spiro atoms. The summed E-state index contributed by atoms with van der Waals surface area (Å²) in [6, 6.07) is 1.88. The maximum Gasteiger partial charge on any atom is 0.309 e. The lowest BCUT2D eigenvalue weighted by Gasteiger charge is -2.30. The third kappa shape index (κ3) is 3.36. The number of halogens is 1. The van der Waals surface area contributed by atoms with Crippen LogP contribution in [0.2, 0.25) is 0 Å². The molecule has 1 saturated heterocycles. The molecule has 0 radical (unpaired) electrons. The number of hydrogen-bond donors (Lipinski definition) is 0. The van der Waals surface area contributed by atoms with Gasteiger partial charge in [0.05, 0.1) is 12.5 Å². The third-order valence-corrected chi connectivity index (χ3v) is 5.04. The van der Waals surface area contributed by atoms with Crippen molar-refractivity contribution < 1.29 is 14.3 Å². The Balaban J connectivity index is 1.92. The van der Waals surface area contributed by atoms with Crippen LogP contribution in [0.4, 0.5) is 0 Å². The average molecular weight is 346 g/mol. The second-order valence-electron chi connectivity index (χ2n) is 4.42. The van der Waals surface area contributed by atoms with Crippen molar-refractivity contribution in [2.75, 3.05) is 19.7 Å². The van der Waals surface area contributed by atoms with E-state index in [0.717, 1.165) is 9.35 Å². The molecule has 0 saturated carbocycles. The highest BCUT2D eigenvalue weighted by molar-refractivity contribution is 9.10. The van der Waals surface area contributed by atoms with Crippen molar-refractivity contribution in [1.29, 1.82) is 0 Å². The molecule has 0 unspecified atom stereocenters. The van der Waals surface area contributed by atoms with Gasteiger partial charge in [-0.25, -0.2) is 0 Å². The highest BCUT2D eigenvalue weighted by Crippen LogP contribution is 2.26. The van der Waals surface area contributed by atoms with Gasteiger partial charge in [-0.2, -0.15) is 0 Å². The Labute approximate surface area is 124 Å². The summed E-state index contributed by atoms with van der Waals surface area (Å²) in [5.74, 6) is -0.146. The van der Waals surface area contributed by atoms with Gasteiger partial charge in [0.15, 0.2) is 0 Å². The minimum Gasteiger partial charge on any atom is -0.466 e. The molecule has 0 aliphatic carbocycles. The predicted octanol–water partition coefficient (Wildman–Crippen LogP) is 2.93. The lowest BCUT2D eigenvalue weighted by atomic mass is 9.97. The van der Waals surface area contributed by atoms with Crippen LogP contribution in [0.5, 0.6) is 0 Å². The number of piperidine rings is 1. The second kappa shape index (κ2) is 6.52. The van der Waals surface area contributed by atoms with Crippen LogP contribution < -0.4 is 0 Å². The van der Waals surface area contributed by atoms with Crippen LogP contribution in [0, 0.1) is 5.92 Å². The zero-order valence-electron chi connectivity index (χ0n) is 10.7. The fraction of sp³-hybridized carbons (Fsp3) is 0.538. The molecule has 1 amide bonds. The van der Waals surface area contributed by atoms with Gasteiger partial charge >= 0.3 is 5.97 Å². The van der Waals surface area contributed by atoms with Crippen molar-refractivity contribution in [3.63, 3.8) is 0 Å². The van der Waals surface area contributed by atoms with Crippen LogP contribution in [-0.4, -0.2) is 36.5 Å². The van der Waals surface area contributed by atoms with E-state index in [2.05, 4.69) is 15.9 Å². The van der Waals surface area contributed by atoms with Crippen LogP contribution in [0.25, 0.3) is 0 Å². The SMILES string of the molecule is CCOC(=O)C1CCN(C(=O)c2sccc2Br)CC1. The number of likely N-dealkylation sites (tertiary alicyclic amines) is 1. The van der Waals surface area contributed by atoms with E-state index >= 15 is 0 Å². The van der Waals surface area contributed by atoms with E-state index in [0.29, 0.717) is 32.5 Å².